The number of hydrogen-bond acceptors (Lipinski definition) is 2. The van der Waals surface area contributed by atoms with Gasteiger partial charge in [-0.05, 0) is 23.8 Å². The Morgan fingerprint density at radius 3 is 2.55 bits per heavy atom. The fraction of sp³-hybridized carbons (Fsp3) is 0.200. The fourth-order valence-corrected chi connectivity index (χ4v) is 1.99. The van der Waals surface area contributed by atoms with Gasteiger partial charge < -0.3 is 9.47 Å². The van der Waals surface area contributed by atoms with E-state index in [9.17, 15) is 8.78 Å². The number of halogens is 3. The molecule has 0 fully saturated rings. The molecule has 0 saturated carbocycles. The standard InChI is InChI=1S/C15H13ClF2O2/c1-19-14-6-5-10(7-13(14)18)9-20-15-11(8-16)3-2-4-12(15)17/h2-7H,8-9H2,1H3. The smallest absolute Gasteiger partial charge is 0.165 e. The molecule has 0 aliphatic carbocycles. The number of para-hydroxylation sites is 1. The first-order valence-electron chi connectivity index (χ1n) is 5.94. The van der Waals surface area contributed by atoms with E-state index in [0.29, 0.717) is 11.1 Å². The summed E-state index contributed by atoms with van der Waals surface area (Å²) in [4.78, 5) is 0. The van der Waals surface area contributed by atoms with Crippen molar-refractivity contribution < 1.29 is 18.3 Å². The molecule has 0 unspecified atom stereocenters. The second kappa shape index (κ2) is 6.57. The van der Waals surface area contributed by atoms with Gasteiger partial charge in [0.05, 0.1) is 13.0 Å². The lowest BCUT2D eigenvalue weighted by atomic mass is 10.2. The summed E-state index contributed by atoms with van der Waals surface area (Å²) in [5, 5.41) is 0. The van der Waals surface area contributed by atoms with Crippen molar-refractivity contribution in [2.24, 2.45) is 0 Å². The SMILES string of the molecule is COc1ccc(COc2c(F)cccc2CCl)cc1F. The van der Waals surface area contributed by atoms with E-state index in [1.165, 1.54) is 25.3 Å². The Bertz CT molecular complexity index is 602. The molecular formula is C15H13ClF2O2. The van der Waals surface area contributed by atoms with E-state index in [2.05, 4.69) is 0 Å². The predicted octanol–water partition coefficient (Wildman–Crippen LogP) is 4.29. The molecule has 0 aliphatic heterocycles. The van der Waals surface area contributed by atoms with Gasteiger partial charge in [-0.3, -0.25) is 0 Å². The quantitative estimate of drug-likeness (QED) is 0.767. The first kappa shape index (κ1) is 14.6. The summed E-state index contributed by atoms with van der Waals surface area (Å²) >= 11 is 5.73. The number of benzene rings is 2. The molecule has 0 bridgehead atoms. The minimum Gasteiger partial charge on any atom is -0.494 e. The molecule has 0 saturated heterocycles. The van der Waals surface area contributed by atoms with Crippen molar-refractivity contribution in [1.29, 1.82) is 0 Å². The number of ether oxygens (including phenoxy) is 2. The Balaban J connectivity index is 2.15. The fourth-order valence-electron chi connectivity index (χ4n) is 1.78. The third-order valence-corrected chi connectivity index (χ3v) is 3.08. The molecule has 2 rings (SSSR count). The third kappa shape index (κ3) is 3.20. The van der Waals surface area contributed by atoms with Gasteiger partial charge >= 0.3 is 0 Å². The Morgan fingerprint density at radius 2 is 1.90 bits per heavy atom. The summed E-state index contributed by atoms with van der Waals surface area (Å²) in [5.74, 6) is -0.582. The van der Waals surface area contributed by atoms with Crippen LogP contribution < -0.4 is 9.47 Å². The molecule has 0 N–H and O–H groups in total. The highest BCUT2D eigenvalue weighted by Crippen LogP contribution is 2.26. The Kier molecular flexibility index (Phi) is 4.79. The van der Waals surface area contributed by atoms with E-state index in [-0.39, 0.29) is 24.0 Å². The molecule has 0 heterocycles. The van der Waals surface area contributed by atoms with Crippen molar-refractivity contribution in [3.63, 3.8) is 0 Å². The van der Waals surface area contributed by atoms with Crippen LogP contribution in [0.15, 0.2) is 36.4 Å². The first-order chi connectivity index (χ1) is 9.65. The summed E-state index contributed by atoms with van der Waals surface area (Å²) < 4.78 is 37.4. The zero-order valence-corrected chi connectivity index (χ0v) is 11.6. The summed E-state index contributed by atoms with van der Waals surface area (Å²) in [6.07, 6.45) is 0. The summed E-state index contributed by atoms with van der Waals surface area (Å²) in [6.45, 7) is 0.0474. The number of methoxy groups -OCH3 is 1. The van der Waals surface area contributed by atoms with Gasteiger partial charge in [0.1, 0.15) is 6.61 Å². The van der Waals surface area contributed by atoms with Gasteiger partial charge in [-0.25, -0.2) is 8.78 Å². The second-order valence-corrected chi connectivity index (χ2v) is 4.39. The van der Waals surface area contributed by atoms with Gasteiger partial charge in [-0.15, -0.1) is 11.6 Å². The maximum Gasteiger partial charge on any atom is 0.165 e. The monoisotopic (exact) mass is 298 g/mol. The average molecular weight is 299 g/mol. The maximum absolute atomic E-state index is 13.7. The van der Waals surface area contributed by atoms with Crippen molar-refractivity contribution in [1.82, 2.24) is 0 Å². The minimum absolute atomic E-state index is 0.0474. The van der Waals surface area contributed by atoms with Crippen LogP contribution in [0.2, 0.25) is 0 Å². The molecular weight excluding hydrogens is 286 g/mol. The van der Waals surface area contributed by atoms with E-state index in [1.54, 1.807) is 18.2 Å². The van der Waals surface area contributed by atoms with Crippen LogP contribution in [0.5, 0.6) is 11.5 Å². The van der Waals surface area contributed by atoms with Crippen molar-refractivity contribution in [3.8, 4) is 11.5 Å². The van der Waals surface area contributed by atoms with E-state index in [4.69, 9.17) is 21.1 Å². The third-order valence-electron chi connectivity index (χ3n) is 2.79. The van der Waals surface area contributed by atoms with Crippen LogP contribution in [0.25, 0.3) is 0 Å². The molecule has 0 atom stereocenters. The lowest BCUT2D eigenvalue weighted by Gasteiger charge is -2.11. The van der Waals surface area contributed by atoms with Crippen LogP contribution >= 0.6 is 11.6 Å². The van der Waals surface area contributed by atoms with Crippen LogP contribution in [0.3, 0.4) is 0 Å². The van der Waals surface area contributed by atoms with Crippen LogP contribution in [-0.4, -0.2) is 7.11 Å². The van der Waals surface area contributed by atoms with Gasteiger partial charge in [0.25, 0.3) is 0 Å². The summed E-state index contributed by atoms with van der Waals surface area (Å²) in [7, 11) is 1.39. The van der Waals surface area contributed by atoms with Crippen LogP contribution in [0.1, 0.15) is 11.1 Å². The van der Waals surface area contributed by atoms with Gasteiger partial charge in [-0.2, -0.15) is 0 Å². The minimum atomic E-state index is -0.489. The molecule has 5 heteroatoms. The largest absolute Gasteiger partial charge is 0.494 e. The normalized spacial score (nSPS) is 10.4. The molecule has 106 valence electrons. The van der Waals surface area contributed by atoms with E-state index >= 15 is 0 Å². The summed E-state index contributed by atoms with van der Waals surface area (Å²) in [5.41, 5.74) is 1.13. The second-order valence-electron chi connectivity index (χ2n) is 4.12. The van der Waals surface area contributed by atoms with E-state index < -0.39 is 11.6 Å². The molecule has 20 heavy (non-hydrogen) atoms. The molecule has 0 amide bonds. The van der Waals surface area contributed by atoms with Gasteiger partial charge in [-0.1, -0.05) is 18.2 Å². The molecule has 2 aromatic rings. The lowest BCUT2D eigenvalue weighted by Crippen LogP contribution is -2.01. The Hall–Kier alpha value is -1.81. The zero-order valence-electron chi connectivity index (χ0n) is 10.8. The van der Waals surface area contributed by atoms with Gasteiger partial charge in [0.2, 0.25) is 0 Å². The first-order valence-corrected chi connectivity index (χ1v) is 6.47. The predicted molar refractivity (Wildman–Crippen MR) is 73.2 cm³/mol. The Morgan fingerprint density at radius 1 is 1.10 bits per heavy atom. The van der Waals surface area contributed by atoms with Gasteiger partial charge in [0, 0.05) is 5.56 Å². The van der Waals surface area contributed by atoms with Crippen molar-refractivity contribution in [2.75, 3.05) is 7.11 Å². The topological polar surface area (TPSA) is 18.5 Å². The summed E-state index contributed by atoms with van der Waals surface area (Å²) in [6, 6.07) is 8.98. The molecule has 0 spiro atoms. The van der Waals surface area contributed by atoms with Crippen molar-refractivity contribution >= 4 is 11.6 Å². The van der Waals surface area contributed by atoms with Crippen molar-refractivity contribution in [2.45, 2.75) is 12.5 Å². The zero-order chi connectivity index (χ0) is 14.5. The maximum atomic E-state index is 13.7. The van der Waals surface area contributed by atoms with Gasteiger partial charge in [0.15, 0.2) is 23.1 Å². The van der Waals surface area contributed by atoms with Crippen LogP contribution in [0, 0.1) is 11.6 Å². The molecule has 0 aromatic heterocycles. The van der Waals surface area contributed by atoms with Crippen LogP contribution in [-0.2, 0) is 12.5 Å². The number of hydrogen-bond donors (Lipinski definition) is 0. The van der Waals surface area contributed by atoms with E-state index in [1.807, 2.05) is 0 Å². The molecule has 2 aromatic carbocycles. The number of alkyl halides is 1. The highest BCUT2D eigenvalue weighted by Gasteiger charge is 2.10. The highest BCUT2D eigenvalue weighted by molar-refractivity contribution is 6.17. The molecule has 0 radical (unpaired) electrons. The average Bonchev–Trinajstić information content (AvgIpc) is 2.46. The highest BCUT2D eigenvalue weighted by atomic mass is 35.5. The molecule has 2 nitrogen and oxygen atoms in total. The van der Waals surface area contributed by atoms with E-state index in [0.717, 1.165) is 0 Å². The Labute approximate surface area is 120 Å². The van der Waals surface area contributed by atoms with Crippen LogP contribution in [0.4, 0.5) is 8.78 Å². The van der Waals surface area contributed by atoms with Crippen molar-refractivity contribution in [3.05, 3.63) is 59.2 Å². The lowest BCUT2D eigenvalue weighted by molar-refractivity contribution is 0.286. The number of rotatable bonds is 5. The molecule has 0 aliphatic rings.